The van der Waals surface area contributed by atoms with E-state index in [0.29, 0.717) is 23.1 Å². The highest BCUT2D eigenvalue weighted by atomic mass is 16.6. The van der Waals surface area contributed by atoms with Crippen LogP contribution in [-0.2, 0) is 4.79 Å². The van der Waals surface area contributed by atoms with Crippen molar-refractivity contribution in [3.63, 3.8) is 0 Å². The molecular weight excluding hydrogens is 406 g/mol. The van der Waals surface area contributed by atoms with Gasteiger partial charge in [0.2, 0.25) is 5.88 Å². The number of nitro benzene ring substituents is 1. The summed E-state index contributed by atoms with van der Waals surface area (Å²) in [5, 5.41) is 31.3. The van der Waals surface area contributed by atoms with Gasteiger partial charge in [-0.05, 0) is 36.8 Å². The normalized spacial score (nSPS) is 11.0. The Morgan fingerprint density at radius 2 is 1.97 bits per heavy atom. The van der Waals surface area contributed by atoms with E-state index in [-0.39, 0.29) is 35.8 Å². The third-order valence-corrected chi connectivity index (χ3v) is 4.41. The number of nitrogens with zero attached hydrogens (tertiary/aromatic N) is 3. The second kappa shape index (κ2) is 9.48. The number of hydrogen-bond acceptors (Lipinski definition) is 7. The molecule has 2 aromatic carbocycles. The van der Waals surface area contributed by atoms with Crippen molar-refractivity contribution in [2.75, 3.05) is 13.7 Å². The number of carbonyl (C=O) groups excluding carboxylic acids is 2. The van der Waals surface area contributed by atoms with Crippen LogP contribution >= 0.6 is 0 Å². The Balaban J connectivity index is 1.51. The largest absolute Gasteiger partial charge is 0.497 e. The van der Waals surface area contributed by atoms with Crippen LogP contribution in [0.1, 0.15) is 23.2 Å². The molecule has 11 heteroatoms. The lowest BCUT2D eigenvalue weighted by Gasteiger charge is -2.04. The molecule has 1 aromatic heterocycles. The highest BCUT2D eigenvalue weighted by molar-refractivity contribution is 5.95. The van der Waals surface area contributed by atoms with Crippen molar-refractivity contribution in [2.24, 2.45) is 10.2 Å². The van der Waals surface area contributed by atoms with E-state index in [0.717, 1.165) is 0 Å². The maximum absolute atomic E-state index is 12.0. The molecule has 3 aromatic rings. The Hall–Kier alpha value is -4.28. The molecule has 0 spiro atoms. The minimum atomic E-state index is -0.547. The molecule has 1 heterocycles. The Kier molecular flexibility index (Phi) is 6.55. The summed E-state index contributed by atoms with van der Waals surface area (Å²) >= 11 is 0. The van der Waals surface area contributed by atoms with E-state index >= 15 is 0 Å². The molecule has 0 aliphatic heterocycles. The van der Waals surface area contributed by atoms with E-state index in [1.165, 1.54) is 31.4 Å². The molecule has 0 radical (unpaired) electrons. The van der Waals surface area contributed by atoms with Crippen molar-refractivity contribution in [1.82, 2.24) is 10.3 Å². The number of H-pyrrole nitrogens is 1. The number of hydrogen-bond donors (Lipinski definition) is 3. The summed E-state index contributed by atoms with van der Waals surface area (Å²) in [5.74, 6) is -0.559. The number of carbonyl (C=O) groups is 2. The number of aromatic nitrogens is 1. The molecule has 0 aliphatic carbocycles. The van der Waals surface area contributed by atoms with E-state index in [1.54, 1.807) is 18.2 Å². The van der Waals surface area contributed by atoms with Crippen LogP contribution in [0.3, 0.4) is 0 Å². The first-order valence-electron chi connectivity index (χ1n) is 9.25. The van der Waals surface area contributed by atoms with E-state index in [2.05, 4.69) is 20.5 Å². The highest BCUT2D eigenvalue weighted by Crippen LogP contribution is 2.37. The van der Waals surface area contributed by atoms with Gasteiger partial charge < -0.3 is 20.1 Å². The summed E-state index contributed by atoms with van der Waals surface area (Å²) in [6.45, 7) is 0.215. The number of ether oxygens (including phenoxy) is 1. The lowest BCUT2D eigenvalue weighted by molar-refractivity contribution is -0.384. The van der Waals surface area contributed by atoms with Gasteiger partial charge in [-0.3, -0.25) is 19.7 Å². The Morgan fingerprint density at radius 3 is 2.65 bits per heavy atom. The van der Waals surface area contributed by atoms with E-state index < -0.39 is 16.7 Å². The number of rotatable bonds is 8. The number of aromatic amines is 1. The molecule has 0 unspecified atom stereocenters. The molecule has 0 fully saturated rings. The second-order valence-electron chi connectivity index (χ2n) is 6.49. The number of aromatic hydroxyl groups is 1. The van der Waals surface area contributed by atoms with Gasteiger partial charge in [0.15, 0.2) is 5.69 Å². The fourth-order valence-corrected chi connectivity index (χ4v) is 2.80. The number of nitrogens with one attached hydrogen (secondary N) is 2. The van der Waals surface area contributed by atoms with Crippen molar-refractivity contribution >= 4 is 34.1 Å². The monoisotopic (exact) mass is 425 g/mol. The molecule has 2 amide bonds. The quantitative estimate of drug-likeness (QED) is 0.216. The van der Waals surface area contributed by atoms with Crippen LogP contribution in [-0.4, -0.2) is 40.5 Å². The van der Waals surface area contributed by atoms with Crippen LogP contribution in [0.15, 0.2) is 52.7 Å². The number of non-ortho nitro benzene ring substituents is 1. The standard InChI is InChI=1S/C20H19N5O6/c1-31-14-8-9-16-15(11-14)18(20(28)22-16)24-23-17(26)3-2-10-21-19(27)12-4-6-13(7-5-12)25(29)30/h4-9,11,22,28H,2-3,10H2,1H3,(H,21,27). The van der Waals surface area contributed by atoms with Crippen LogP contribution in [0.4, 0.5) is 11.4 Å². The first-order valence-corrected chi connectivity index (χ1v) is 9.25. The van der Waals surface area contributed by atoms with Crippen LogP contribution in [0, 0.1) is 10.1 Å². The van der Waals surface area contributed by atoms with E-state index in [1.807, 2.05) is 0 Å². The molecule has 160 valence electrons. The number of nitro groups is 1. The van der Waals surface area contributed by atoms with Crippen LogP contribution in [0.5, 0.6) is 11.6 Å². The van der Waals surface area contributed by atoms with Crippen LogP contribution in [0.25, 0.3) is 10.9 Å². The van der Waals surface area contributed by atoms with Crippen LogP contribution < -0.4 is 10.1 Å². The first-order chi connectivity index (χ1) is 14.9. The van der Waals surface area contributed by atoms with Gasteiger partial charge in [0.05, 0.1) is 17.5 Å². The maximum atomic E-state index is 12.0. The number of azo groups is 1. The Morgan fingerprint density at radius 1 is 1.23 bits per heavy atom. The Bertz CT molecular complexity index is 1150. The smallest absolute Gasteiger partial charge is 0.269 e. The molecule has 31 heavy (non-hydrogen) atoms. The fraction of sp³-hybridized carbons (Fsp3) is 0.200. The summed E-state index contributed by atoms with van der Waals surface area (Å²) in [6.07, 6.45) is 0.362. The fourth-order valence-electron chi connectivity index (χ4n) is 2.80. The lowest BCUT2D eigenvalue weighted by Crippen LogP contribution is -2.24. The molecule has 0 saturated carbocycles. The predicted octanol–water partition coefficient (Wildman–Crippen LogP) is 3.61. The average Bonchev–Trinajstić information content (AvgIpc) is 3.09. The predicted molar refractivity (Wildman–Crippen MR) is 111 cm³/mol. The SMILES string of the molecule is COc1ccc2[nH]c(O)c(N=NC(=O)CCCNC(=O)c3ccc([N+](=O)[O-])cc3)c2c1. The molecule has 0 saturated heterocycles. The maximum Gasteiger partial charge on any atom is 0.269 e. The topological polar surface area (TPSA) is 159 Å². The Labute approximate surface area is 175 Å². The minimum Gasteiger partial charge on any atom is -0.497 e. The van der Waals surface area contributed by atoms with Crippen LogP contribution in [0.2, 0.25) is 0 Å². The molecule has 3 rings (SSSR count). The molecule has 0 atom stereocenters. The zero-order valence-corrected chi connectivity index (χ0v) is 16.5. The summed E-state index contributed by atoms with van der Waals surface area (Å²) in [5.41, 5.74) is 0.927. The first kappa shape index (κ1) is 21.4. The van der Waals surface area contributed by atoms with Crippen molar-refractivity contribution < 1.29 is 24.4 Å². The van der Waals surface area contributed by atoms with Gasteiger partial charge >= 0.3 is 0 Å². The number of methoxy groups -OCH3 is 1. The highest BCUT2D eigenvalue weighted by Gasteiger charge is 2.12. The molecular formula is C20H19N5O6. The van der Waals surface area contributed by atoms with Gasteiger partial charge in [-0.15, -0.1) is 10.2 Å². The zero-order valence-electron chi connectivity index (χ0n) is 16.5. The van der Waals surface area contributed by atoms with Gasteiger partial charge in [-0.1, -0.05) is 0 Å². The van der Waals surface area contributed by atoms with Gasteiger partial charge in [0.1, 0.15) is 5.75 Å². The third kappa shape index (κ3) is 5.21. The minimum absolute atomic E-state index is 0.0382. The van der Waals surface area contributed by atoms with Crippen molar-refractivity contribution in [2.45, 2.75) is 12.8 Å². The van der Waals surface area contributed by atoms with Crippen molar-refractivity contribution in [3.8, 4) is 11.6 Å². The summed E-state index contributed by atoms with van der Waals surface area (Å²) in [7, 11) is 1.51. The van der Waals surface area contributed by atoms with Gasteiger partial charge in [0.25, 0.3) is 17.5 Å². The molecule has 0 aliphatic rings. The molecule has 11 nitrogen and oxygen atoms in total. The molecule has 3 N–H and O–H groups in total. The summed E-state index contributed by atoms with van der Waals surface area (Å²) in [4.78, 5) is 36.8. The number of amides is 2. The van der Waals surface area contributed by atoms with Gasteiger partial charge in [0, 0.05) is 36.0 Å². The third-order valence-electron chi connectivity index (χ3n) is 4.41. The second-order valence-corrected chi connectivity index (χ2v) is 6.49. The molecule has 0 bridgehead atoms. The zero-order chi connectivity index (χ0) is 22.4. The lowest BCUT2D eigenvalue weighted by atomic mass is 10.2. The average molecular weight is 425 g/mol. The number of benzene rings is 2. The number of fused-ring (bicyclic) bond motifs is 1. The summed E-state index contributed by atoms with van der Waals surface area (Å²) in [6, 6.07) is 10.3. The van der Waals surface area contributed by atoms with E-state index in [9.17, 15) is 24.8 Å². The van der Waals surface area contributed by atoms with E-state index in [4.69, 9.17) is 4.74 Å². The van der Waals surface area contributed by atoms with Gasteiger partial charge in [-0.2, -0.15) is 0 Å². The van der Waals surface area contributed by atoms with Crippen molar-refractivity contribution in [3.05, 3.63) is 58.1 Å². The summed E-state index contributed by atoms with van der Waals surface area (Å²) < 4.78 is 5.15. The van der Waals surface area contributed by atoms with Crippen molar-refractivity contribution in [1.29, 1.82) is 0 Å². The van der Waals surface area contributed by atoms with Gasteiger partial charge in [-0.25, -0.2) is 0 Å².